The van der Waals surface area contributed by atoms with Crippen LogP contribution in [0.2, 0.25) is 0 Å². The average molecular weight is 156 g/mol. The molecule has 0 saturated carbocycles. The summed E-state index contributed by atoms with van der Waals surface area (Å²) in [7, 11) is 0. The molecule has 0 bridgehead atoms. The zero-order valence-corrected chi connectivity index (χ0v) is 6.58. The number of fused-ring (bicyclic) bond motifs is 2. The molecule has 0 fully saturated rings. The maximum atomic E-state index is 5.55. The van der Waals surface area contributed by atoms with E-state index >= 15 is 0 Å². The van der Waals surface area contributed by atoms with Crippen molar-refractivity contribution < 1.29 is 4.74 Å². The monoisotopic (exact) mass is 156 g/mol. The number of rotatable bonds is 0. The Hall–Kier alpha value is -1.50. The zero-order chi connectivity index (χ0) is 7.97. The second kappa shape index (κ2) is 2.01. The summed E-state index contributed by atoms with van der Waals surface area (Å²) >= 11 is 0. The van der Waals surface area contributed by atoms with Crippen molar-refractivity contribution in [2.75, 3.05) is 6.61 Å². The van der Waals surface area contributed by atoms with Gasteiger partial charge in [0.25, 0.3) is 0 Å². The fraction of sp³-hybridized carbons (Fsp3) is 0.0909. The van der Waals surface area contributed by atoms with Crippen LogP contribution in [0.25, 0.3) is 0 Å². The molecule has 58 valence electrons. The highest BCUT2D eigenvalue weighted by molar-refractivity contribution is 5.62. The van der Waals surface area contributed by atoms with Gasteiger partial charge in [0, 0.05) is 5.57 Å². The first-order valence-electron chi connectivity index (χ1n) is 4.08. The van der Waals surface area contributed by atoms with Gasteiger partial charge in [0.05, 0.1) is 0 Å². The molecule has 0 spiro atoms. The molecule has 2 aliphatic carbocycles. The minimum absolute atomic E-state index is 0.722. The quantitative estimate of drug-likeness (QED) is 0.522. The van der Waals surface area contributed by atoms with E-state index in [-0.39, 0.29) is 0 Å². The molecule has 1 aliphatic heterocycles. The van der Waals surface area contributed by atoms with Gasteiger partial charge in [0.1, 0.15) is 12.4 Å². The summed E-state index contributed by atoms with van der Waals surface area (Å²) in [6.45, 7) is 0.722. The Labute approximate surface area is 71.0 Å². The maximum Gasteiger partial charge on any atom is 0.127 e. The summed E-state index contributed by atoms with van der Waals surface area (Å²) in [6.07, 6.45) is 12.5. The maximum absolute atomic E-state index is 5.55. The van der Waals surface area contributed by atoms with E-state index in [4.69, 9.17) is 4.74 Å². The molecule has 3 aliphatic rings. The summed E-state index contributed by atoms with van der Waals surface area (Å²) in [5.41, 5.74) is 3.87. The number of hydrogen-bond donors (Lipinski definition) is 0. The molecule has 0 radical (unpaired) electrons. The van der Waals surface area contributed by atoms with E-state index < -0.39 is 0 Å². The number of hydrogen-bond acceptors (Lipinski definition) is 1. The highest BCUT2D eigenvalue weighted by Crippen LogP contribution is 2.35. The molecule has 0 aromatic heterocycles. The van der Waals surface area contributed by atoms with Crippen LogP contribution < -0.4 is 0 Å². The van der Waals surface area contributed by atoms with Crippen LogP contribution in [0.3, 0.4) is 0 Å². The van der Waals surface area contributed by atoms with Gasteiger partial charge in [0.15, 0.2) is 0 Å². The first kappa shape index (κ1) is 6.06. The van der Waals surface area contributed by atoms with Crippen LogP contribution in [-0.2, 0) is 4.74 Å². The number of allylic oxidation sites excluding steroid dienone is 6. The molecule has 12 heavy (non-hydrogen) atoms. The van der Waals surface area contributed by atoms with Crippen molar-refractivity contribution in [1.82, 2.24) is 0 Å². The summed E-state index contributed by atoms with van der Waals surface area (Å²) in [4.78, 5) is 0. The topological polar surface area (TPSA) is 9.23 Å². The van der Waals surface area contributed by atoms with E-state index in [9.17, 15) is 0 Å². The Morgan fingerprint density at radius 2 is 1.83 bits per heavy atom. The molecule has 0 aromatic rings. The van der Waals surface area contributed by atoms with Crippen molar-refractivity contribution in [2.45, 2.75) is 0 Å². The molecule has 3 rings (SSSR count). The lowest BCUT2D eigenvalue weighted by Crippen LogP contribution is -2.07. The van der Waals surface area contributed by atoms with Crippen molar-refractivity contribution in [3.63, 3.8) is 0 Å². The van der Waals surface area contributed by atoms with Gasteiger partial charge < -0.3 is 4.74 Å². The normalized spacial score (nSPS) is 23.3. The van der Waals surface area contributed by atoms with Gasteiger partial charge in [-0.15, -0.1) is 0 Å². The molecule has 0 N–H and O–H groups in total. The van der Waals surface area contributed by atoms with E-state index in [1.165, 1.54) is 16.7 Å². The first-order chi connectivity index (χ1) is 5.95. The summed E-state index contributed by atoms with van der Waals surface area (Å²) < 4.78 is 5.55. The van der Waals surface area contributed by atoms with E-state index in [0.717, 1.165) is 12.4 Å². The molecule has 1 nitrogen and oxygen atoms in total. The van der Waals surface area contributed by atoms with Crippen LogP contribution in [0.4, 0.5) is 0 Å². The van der Waals surface area contributed by atoms with Gasteiger partial charge in [-0.05, 0) is 17.2 Å². The Morgan fingerprint density at radius 1 is 1.00 bits per heavy atom. The van der Waals surface area contributed by atoms with Crippen molar-refractivity contribution in [3.8, 4) is 0 Å². The molecular weight excluding hydrogens is 148 g/mol. The molecule has 0 atom stereocenters. The minimum atomic E-state index is 0.722. The van der Waals surface area contributed by atoms with Crippen LogP contribution in [0.1, 0.15) is 0 Å². The highest BCUT2D eigenvalue weighted by Gasteiger charge is 2.22. The largest absolute Gasteiger partial charge is 0.488 e. The lowest BCUT2D eigenvalue weighted by Gasteiger charge is -2.18. The minimum Gasteiger partial charge on any atom is -0.488 e. The fourth-order valence-electron chi connectivity index (χ4n) is 1.75. The van der Waals surface area contributed by atoms with Gasteiger partial charge in [-0.1, -0.05) is 30.4 Å². The second-order valence-electron chi connectivity index (χ2n) is 3.06. The molecule has 0 amide bonds. The van der Waals surface area contributed by atoms with E-state index in [2.05, 4.69) is 24.3 Å². The predicted octanol–water partition coefficient (Wildman–Crippen LogP) is 2.26. The zero-order valence-electron chi connectivity index (χ0n) is 6.58. The lowest BCUT2D eigenvalue weighted by molar-refractivity contribution is 0.245. The van der Waals surface area contributed by atoms with E-state index in [1.807, 2.05) is 12.2 Å². The first-order valence-corrected chi connectivity index (χ1v) is 4.08. The van der Waals surface area contributed by atoms with Crippen molar-refractivity contribution in [1.29, 1.82) is 0 Å². The predicted molar refractivity (Wildman–Crippen MR) is 47.4 cm³/mol. The van der Waals surface area contributed by atoms with Crippen LogP contribution in [0.15, 0.2) is 58.9 Å². The van der Waals surface area contributed by atoms with Gasteiger partial charge in [-0.3, -0.25) is 0 Å². The summed E-state index contributed by atoms with van der Waals surface area (Å²) in [6, 6.07) is 0. The van der Waals surface area contributed by atoms with Crippen LogP contribution in [-0.4, -0.2) is 6.61 Å². The van der Waals surface area contributed by atoms with Crippen molar-refractivity contribution in [2.24, 2.45) is 0 Å². The van der Waals surface area contributed by atoms with Crippen LogP contribution in [0.5, 0.6) is 0 Å². The standard InChI is InChI=1S/C11H8O/c1-3-8-7-12-11-6-2-5-10(11)9(8)4-1/h1-6H,7H2. The van der Waals surface area contributed by atoms with E-state index in [0.29, 0.717) is 0 Å². The summed E-state index contributed by atoms with van der Waals surface area (Å²) in [5, 5.41) is 0. The van der Waals surface area contributed by atoms with Crippen LogP contribution >= 0.6 is 0 Å². The second-order valence-corrected chi connectivity index (χ2v) is 3.06. The average Bonchev–Trinajstić information content (AvgIpc) is 2.71. The third-order valence-corrected chi connectivity index (χ3v) is 2.36. The molecule has 1 heteroatoms. The third kappa shape index (κ3) is 0.632. The fourth-order valence-corrected chi connectivity index (χ4v) is 1.75. The Bertz CT molecular complexity index is 351. The van der Waals surface area contributed by atoms with Gasteiger partial charge in [0.2, 0.25) is 0 Å². The van der Waals surface area contributed by atoms with Gasteiger partial charge >= 0.3 is 0 Å². The molecule has 1 heterocycles. The highest BCUT2D eigenvalue weighted by atomic mass is 16.5. The lowest BCUT2D eigenvalue weighted by atomic mass is 10.0. The van der Waals surface area contributed by atoms with Crippen LogP contribution in [0, 0.1) is 0 Å². The van der Waals surface area contributed by atoms with Gasteiger partial charge in [-0.2, -0.15) is 0 Å². The number of ether oxygens (including phenoxy) is 1. The summed E-state index contributed by atoms with van der Waals surface area (Å²) in [5.74, 6) is 1.02. The SMILES string of the molecule is C1=CC2=C3C=CC=C3OCC2=C1. The smallest absolute Gasteiger partial charge is 0.127 e. The molecule has 0 aromatic carbocycles. The van der Waals surface area contributed by atoms with Crippen molar-refractivity contribution in [3.05, 3.63) is 58.9 Å². The van der Waals surface area contributed by atoms with Crippen molar-refractivity contribution >= 4 is 0 Å². The van der Waals surface area contributed by atoms with Gasteiger partial charge in [-0.25, -0.2) is 0 Å². The Morgan fingerprint density at radius 3 is 2.83 bits per heavy atom. The third-order valence-electron chi connectivity index (χ3n) is 2.36. The molecular formula is C11H8O. The van der Waals surface area contributed by atoms with E-state index in [1.54, 1.807) is 0 Å². The Balaban J connectivity index is 2.26. The Kier molecular flexibility index (Phi) is 1.01. The molecule has 0 unspecified atom stereocenters. The molecule has 0 saturated heterocycles.